The Labute approximate surface area is 243 Å². The second-order valence-electron chi connectivity index (χ2n) is 10.9. The number of para-hydroxylation sites is 1. The van der Waals surface area contributed by atoms with Gasteiger partial charge in [-0.05, 0) is 86.8 Å². The quantitative estimate of drug-likeness (QED) is 0.224. The maximum atomic E-state index is 6.31. The molecule has 2 heteroatoms. The lowest BCUT2D eigenvalue weighted by Crippen LogP contribution is -1.97. The van der Waals surface area contributed by atoms with Crippen molar-refractivity contribution in [3.8, 4) is 56.0 Å². The molecule has 0 amide bonds. The van der Waals surface area contributed by atoms with Crippen LogP contribution in [-0.2, 0) is 0 Å². The Bertz CT molecular complexity index is 2320. The minimum absolute atomic E-state index is 0.900. The summed E-state index contributed by atoms with van der Waals surface area (Å²) in [5.74, 6) is 1.82. The molecule has 0 saturated carbocycles. The zero-order valence-electron chi connectivity index (χ0n) is 22.7. The van der Waals surface area contributed by atoms with Gasteiger partial charge in [-0.2, -0.15) is 0 Å². The highest BCUT2D eigenvalue weighted by Gasteiger charge is 2.20. The highest BCUT2D eigenvalue weighted by atomic mass is 16.5. The maximum Gasteiger partial charge on any atom is 0.136 e. The molecule has 0 unspecified atom stereocenters. The predicted molar refractivity (Wildman–Crippen MR) is 173 cm³/mol. The summed E-state index contributed by atoms with van der Waals surface area (Å²) in [4.78, 5) is 0. The number of furan rings is 1. The Morgan fingerprint density at radius 3 is 1.86 bits per heavy atom. The second-order valence-corrected chi connectivity index (χ2v) is 10.9. The standard InChI is InChI=1S/C40H24O2/c1-2-12-36-32(10-1)33-20-18-31(24-39(33)42-36)26-16-14-25(15-17-26)28-8-3-9-29(22-28)30-19-21-37-35(23-30)34-11-4-6-27-7-5-13-38(41-37)40(27)34/h1-24H. The molecule has 0 aliphatic carbocycles. The van der Waals surface area contributed by atoms with E-state index in [1.165, 1.54) is 44.2 Å². The minimum Gasteiger partial charge on any atom is -0.456 e. The summed E-state index contributed by atoms with van der Waals surface area (Å²) in [6.07, 6.45) is 0. The molecule has 2 heterocycles. The van der Waals surface area contributed by atoms with Crippen molar-refractivity contribution in [3.63, 3.8) is 0 Å². The summed E-state index contributed by atoms with van der Waals surface area (Å²) >= 11 is 0. The average Bonchev–Trinajstić information content (AvgIpc) is 3.43. The molecule has 0 atom stereocenters. The molecule has 1 aliphatic rings. The number of hydrogen-bond acceptors (Lipinski definition) is 2. The van der Waals surface area contributed by atoms with Crippen molar-refractivity contribution in [2.45, 2.75) is 0 Å². The second kappa shape index (κ2) is 8.95. The van der Waals surface area contributed by atoms with Crippen molar-refractivity contribution in [1.82, 2.24) is 0 Å². The molecule has 0 spiro atoms. The van der Waals surface area contributed by atoms with Crippen LogP contribution in [0.2, 0.25) is 0 Å². The van der Waals surface area contributed by atoms with E-state index in [2.05, 4.69) is 133 Å². The van der Waals surface area contributed by atoms with E-state index >= 15 is 0 Å². The molecule has 9 rings (SSSR count). The highest BCUT2D eigenvalue weighted by molar-refractivity contribution is 6.06. The van der Waals surface area contributed by atoms with Crippen LogP contribution < -0.4 is 4.74 Å². The third-order valence-corrected chi connectivity index (χ3v) is 8.48. The van der Waals surface area contributed by atoms with Gasteiger partial charge in [0.05, 0.1) is 0 Å². The van der Waals surface area contributed by atoms with Gasteiger partial charge in [-0.1, -0.05) is 103 Å². The van der Waals surface area contributed by atoms with Gasteiger partial charge in [0.1, 0.15) is 22.7 Å². The Morgan fingerprint density at radius 1 is 0.357 bits per heavy atom. The molecule has 196 valence electrons. The molecule has 8 aromatic rings. The van der Waals surface area contributed by atoms with E-state index in [1.807, 2.05) is 12.1 Å². The zero-order chi connectivity index (χ0) is 27.6. The van der Waals surface area contributed by atoms with Crippen LogP contribution in [0, 0.1) is 0 Å². The summed E-state index contributed by atoms with van der Waals surface area (Å²) in [5.41, 5.74) is 11.2. The van der Waals surface area contributed by atoms with Gasteiger partial charge >= 0.3 is 0 Å². The summed E-state index contributed by atoms with van der Waals surface area (Å²) in [7, 11) is 0. The van der Waals surface area contributed by atoms with E-state index < -0.39 is 0 Å². The van der Waals surface area contributed by atoms with Crippen molar-refractivity contribution in [3.05, 3.63) is 146 Å². The van der Waals surface area contributed by atoms with Crippen molar-refractivity contribution < 1.29 is 9.15 Å². The first-order valence-electron chi connectivity index (χ1n) is 14.3. The van der Waals surface area contributed by atoms with Crippen molar-refractivity contribution >= 4 is 32.7 Å². The molecule has 0 N–H and O–H groups in total. The van der Waals surface area contributed by atoms with E-state index in [0.717, 1.165) is 44.6 Å². The van der Waals surface area contributed by atoms with Crippen molar-refractivity contribution in [1.29, 1.82) is 0 Å². The Hall–Kier alpha value is -5.60. The fraction of sp³-hybridized carbons (Fsp3) is 0. The molecule has 0 fully saturated rings. The average molecular weight is 537 g/mol. The van der Waals surface area contributed by atoms with Crippen LogP contribution in [0.3, 0.4) is 0 Å². The number of fused-ring (bicyclic) bond motifs is 5. The Kier molecular flexibility index (Phi) is 4.93. The summed E-state index contributed by atoms with van der Waals surface area (Å²) in [5, 5.41) is 4.68. The first-order valence-corrected chi connectivity index (χ1v) is 14.3. The summed E-state index contributed by atoms with van der Waals surface area (Å²) < 4.78 is 12.4. The van der Waals surface area contributed by atoms with Crippen LogP contribution in [0.5, 0.6) is 11.5 Å². The monoisotopic (exact) mass is 536 g/mol. The lowest BCUT2D eigenvalue weighted by atomic mass is 9.91. The van der Waals surface area contributed by atoms with E-state index in [0.29, 0.717) is 0 Å². The number of hydrogen-bond donors (Lipinski definition) is 0. The third-order valence-electron chi connectivity index (χ3n) is 8.48. The largest absolute Gasteiger partial charge is 0.456 e. The topological polar surface area (TPSA) is 22.4 Å². The summed E-state index contributed by atoms with van der Waals surface area (Å²) in [6, 6.07) is 51.5. The van der Waals surface area contributed by atoms with Gasteiger partial charge < -0.3 is 9.15 Å². The highest BCUT2D eigenvalue weighted by Crippen LogP contribution is 2.47. The fourth-order valence-electron chi connectivity index (χ4n) is 6.38. The van der Waals surface area contributed by atoms with Gasteiger partial charge in [-0.25, -0.2) is 0 Å². The van der Waals surface area contributed by atoms with Crippen molar-refractivity contribution in [2.24, 2.45) is 0 Å². The Morgan fingerprint density at radius 2 is 1.00 bits per heavy atom. The maximum absolute atomic E-state index is 6.31. The van der Waals surface area contributed by atoms with E-state index in [-0.39, 0.29) is 0 Å². The van der Waals surface area contributed by atoms with Gasteiger partial charge in [0.15, 0.2) is 0 Å². The SMILES string of the molecule is c1cc(-c2ccc(-c3ccc4c(c3)oc3ccccc34)cc2)cc(-c2ccc3c(c2)-c2cccc4cccc(c24)O3)c1. The molecular formula is C40H24O2. The molecule has 42 heavy (non-hydrogen) atoms. The van der Waals surface area contributed by atoms with E-state index in [1.54, 1.807) is 0 Å². The van der Waals surface area contributed by atoms with E-state index in [9.17, 15) is 0 Å². The van der Waals surface area contributed by atoms with Gasteiger partial charge in [0.2, 0.25) is 0 Å². The first-order chi connectivity index (χ1) is 20.8. The number of benzene rings is 7. The van der Waals surface area contributed by atoms with Crippen LogP contribution in [0.4, 0.5) is 0 Å². The normalized spacial score (nSPS) is 12.0. The predicted octanol–water partition coefficient (Wildman–Crippen LogP) is 11.5. The smallest absolute Gasteiger partial charge is 0.136 e. The minimum atomic E-state index is 0.900. The van der Waals surface area contributed by atoms with Crippen LogP contribution in [0.15, 0.2) is 150 Å². The van der Waals surface area contributed by atoms with Gasteiger partial charge in [0.25, 0.3) is 0 Å². The molecule has 1 aliphatic heterocycles. The molecule has 2 nitrogen and oxygen atoms in total. The van der Waals surface area contributed by atoms with Gasteiger partial charge in [-0.3, -0.25) is 0 Å². The van der Waals surface area contributed by atoms with Crippen LogP contribution in [0.25, 0.3) is 77.2 Å². The van der Waals surface area contributed by atoms with E-state index in [4.69, 9.17) is 9.15 Å². The molecule has 1 aromatic heterocycles. The molecule has 0 radical (unpaired) electrons. The molecular weight excluding hydrogens is 512 g/mol. The molecule has 7 aromatic carbocycles. The zero-order valence-corrected chi connectivity index (χ0v) is 22.7. The number of ether oxygens (including phenoxy) is 1. The van der Waals surface area contributed by atoms with Gasteiger partial charge in [-0.15, -0.1) is 0 Å². The van der Waals surface area contributed by atoms with Crippen molar-refractivity contribution in [2.75, 3.05) is 0 Å². The molecule has 0 bridgehead atoms. The van der Waals surface area contributed by atoms with Crippen LogP contribution in [0.1, 0.15) is 0 Å². The Balaban J connectivity index is 1.05. The third kappa shape index (κ3) is 3.59. The van der Waals surface area contributed by atoms with Gasteiger partial charge in [0, 0.05) is 21.7 Å². The number of rotatable bonds is 3. The molecule has 0 saturated heterocycles. The first kappa shape index (κ1) is 23.1. The van der Waals surface area contributed by atoms with Crippen LogP contribution in [-0.4, -0.2) is 0 Å². The lowest BCUT2D eigenvalue weighted by molar-refractivity contribution is 0.487. The fourth-order valence-corrected chi connectivity index (χ4v) is 6.38. The van der Waals surface area contributed by atoms with Crippen LogP contribution >= 0.6 is 0 Å². The summed E-state index contributed by atoms with van der Waals surface area (Å²) in [6.45, 7) is 0. The lowest BCUT2D eigenvalue weighted by Gasteiger charge is -2.22.